The van der Waals surface area contributed by atoms with E-state index in [1.165, 1.54) is 11.8 Å². The monoisotopic (exact) mass is 473 g/mol. The van der Waals surface area contributed by atoms with Gasteiger partial charge >= 0.3 is 0 Å². The van der Waals surface area contributed by atoms with Crippen molar-refractivity contribution < 1.29 is 14.3 Å². The summed E-state index contributed by atoms with van der Waals surface area (Å²) >= 11 is 1.38. The lowest BCUT2D eigenvalue weighted by Gasteiger charge is -2.11. The Morgan fingerprint density at radius 2 is 1.53 bits per heavy atom. The van der Waals surface area contributed by atoms with Crippen molar-refractivity contribution in [1.29, 1.82) is 0 Å². The van der Waals surface area contributed by atoms with Gasteiger partial charge in [-0.25, -0.2) is 4.98 Å². The molecule has 0 fully saturated rings. The number of aromatic nitrogens is 4. The number of anilines is 1. The number of rotatable bonds is 9. The van der Waals surface area contributed by atoms with Crippen molar-refractivity contribution in [3.8, 4) is 34.0 Å². The Bertz CT molecular complexity index is 1240. The van der Waals surface area contributed by atoms with Gasteiger partial charge in [-0.15, -0.1) is 10.2 Å². The lowest BCUT2D eigenvalue weighted by molar-refractivity contribution is -0.115. The van der Waals surface area contributed by atoms with Crippen LogP contribution in [0.15, 0.2) is 78.2 Å². The molecule has 8 nitrogen and oxygen atoms in total. The van der Waals surface area contributed by atoms with Crippen molar-refractivity contribution in [1.82, 2.24) is 20.2 Å². The molecule has 2 aromatic carbocycles. The smallest absolute Gasteiger partial charge is 0.225 e. The molecule has 0 unspecified atom stereocenters. The number of ether oxygens (including phenoxy) is 2. The van der Waals surface area contributed by atoms with Crippen molar-refractivity contribution >= 4 is 23.4 Å². The minimum Gasteiger partial charge on any atom is -0.497 e. The molecule has 0 saturated carbocycles. The molecular formula is C25H23N5O3S. The van der Waals surface area contributed by atoms with E-state index in [1.54, 1.807) is 38.7 Å². The Hall–Kier alpha value is -3.98. The fourth-order valence-electron chi connectivity index (χ4n) is 3.16. The van der Waals surface area contributed by atoms with Crippen molar-refractivity contribution in [2.45, 2.75) is 11.6 Å². The van der Waals surface area contributed by atoms with Gasteiger partial charge in [-0.1, -0.05) is 11.8 Å². The fourth-order valence-corrected chi connectivity index (χ4v) is 3.89. The van der Waals surface area contributed by atoms with Gasteiger partial charge in [0.25, 0.3) is 0 Å². The quantitative estimate of drug-likeness (QED) is 0.348. The van der Waals surface area contributed by atoms with E-state index in [4.69, 9.17) is 14.5 Å². The zero-order valence-corrected chi connectivity index (χ0v) is 19.6. The van der Waals surface area contributed by atoms with Crippen LogP contribution in [0.5, 0.6) is 11.5 Å². The van der Waals surface area contributed by atoms with Crippen LogP contribution >= 0.6 is 11.8 Å². The van der Waals surface area contributed by atoms with Gasteiger partial charge in [0.1, 0.15) is 22.9 Å². The van der Waals surface area contributed by atoms with Gasteiger partial charge < -0.3 is 14.8 Å². The highest BCUT2D eigenvalue weighted by Gasteiger charge is 2.15. The third-order valence-corrected chi connectivity index (χ3v) is 5.74. The zero-order chi connectivity index (χ0) is 23.8. The van der Waals surface area contributed by atoms with Crippen LogP contribution in [-0.4, -0.2) is 46.0 Å². The standard InChI is InChI=1S/C25H23N5O3S/c1-32-20-9-5-17(6-10-20)23-24(18-7-11-21(33-2)12-8-18)29-30-25(28-23)34-15-13-22(31)27-19-4-3-14-26-16-19/h3-12,14,16H,13,15H2,1-2H3,(H,27,31). The molecule has 0 aliphatic heterocycles. The van der Waals surface area contributed by atoms with Crippen LogP contribution in [0.4, 0.5) is 5.69 Å². The number of carbonyl (C=O) groups is 1. The van der Waals surface area contributed by atoms with Gasteiger partial charge in [-0.2, -0.15) is 0 Å². The van der Waals surface area contributed by atoms with Gasteiger partial charge in [0.15, 0.2) is 0 Å². The van der Waals surface area contributed by atoms with E-state index in [-0.39, 0.29) is 5.91 Å². The molecule has 172 valence electrons. The highest BCUT2D eigenvalue weighted by atomic mass is 32.2. The van der Waals surface area contributed by atoms with Gasteiger partial charge in [-0.3, -0.25) is 9.78 Å². The van der Waals surface area contributed by atoms with Crippen LogP contribution in [0.2, 0.25) is 0 Å². The summed E-state index contributed by atoms with van der Waals surface area (Å²) in [5.74, 6) is 1.93. The average Bonchev–Trinajstić information content (AvgIpc) is 2.89. The number of carbonyl (C=O) groups excluding carboxylic acids is 1. The molecule has 0 spiro atoms. The molecule has 9 heteroatoms. The van der Waals surface area contributed by atoms with Crippen LogP contribution in [0.25, 0.3) is 22.5 Å². The summed E-state index contributed by atoms with van der Waals surface area (Å²) in [7, 11) is 3.26. The largest absolute Gasteiger partial charge is 0.497 e. The summed E-state index contributed by atoms with van der Waals surface area (Å²) in [5, 5.41) is 12.1. The first kappa shape index (κ1) is 23.2. The van der Waals surface area contributed by atoms with E-state index in [1.807, 2.05) is 48.5 Å². The van der Waals surface area contributed by atoms with E-state index in [2.05, 4.69) is 20.5 Å². The number of amides is 1. The van der Waals surface area contributed by atoms with E-state index in [0.717, 1.165) is 22.6 Å². The first-order valence-electron chi connectivity index (χ1n) is 10.5. The molecule has 1 N–H and O–H groups in total. The molecule has 2 aromatic heterocycles. The van der Waals surface area contributed by atoms with Crippen molar-refractivity contribution in [3.05, 3.63) is 73.1 Å². The number of pyridine rings is 1. The van der Waals surface area contributed by atoms with E-state index >= 15 is 0 Å². The number of hydrogen-bond donors (Lipinski definition) is 1. The van der Waals surface area contributed by atoms with Gasteiger partial charge in [0.05, 0.1) is 26.1 Å². The predicted octanol–water partition coefficient (Wildman–Crippen LogP) is 4.74. The summed E-state index contributed by atoms with van der Waals surface area (Å²) in [4.78, 5) is 21.0. The Balaban J connectivity index is 1.53. The Kier molecular flexibility index (Phi) is 7.67. The molecule has 0 atom stereocenters. The van der Waals surface area contributed by atoms with E-state index < -0.39 is 0 Å². The van der Waals surface area contributed by atoms with Gasteiger partial charge in [0, 0.05) is 29.5 Å². The summed E-state index contributed by atoms with van der Waals surface area (Å²) in [6, 6.07) is 18.8. The van der Waals surface area contributed by atoms with Gasteiger partial charge in [0.2, 0.25) is 11.1 Å². The number of methoxy groups -OCH3 is 2. The third kappa shape index (κ3) is 5.87. The topological polar surface area (TPSA) is 99.1 Å². The van der Waals surface area contributed by atoms with Crippen molar-refractivity contribution in [2.24, 2.45) is 0 Å². The second-order valence-corrected chi connectivity index (χ2v) is 8.20. The maximum Gasteiger partial charge on any atom is 0.225 e. The number of benzene rings is 2. The van der Waals surface area contributed by atoms with E-state index in [0.29, 0.717) is 34.4 Å². The number of thioether (sulfide) groups is 1. The number of nitrogens with one attached hydrogen (secondary N) is 1. The molecule has 34 heavy (non-hydrogen) atoms. The maximum atomic E-state index is 12.2. The molecule has 4 aromatic rings. The second-order valence-electron chi connectivity index (χ2n) is 7.14. The molecule has 2 heterocycles. The van der Waals surface area contributed by atoms with Crippen LogP contribution in [0.3, 0.4) is 0 Å². The lowest BCUT2D eigenvalue weighted by atomic mass is 10.0. The Morgan fingerprint density at radius 1 is 0.882 bits per heavy atom. The van der Waals surface area contributed by atoms with E-state index in [9.17, 15) is 4.79 Å². The Labute approximate surface area is 201 Å². The second kappa shape index (κ2) is 11.2. The summed E-state index contributed by atoms with van der Waals surface area (Å²) in [5.41, 5.74) is 3.79. The molecule has 0 bridgehead atoms. The molecule has 0 saturated heterocycles. The molecule has 0 radical (unpaired) electrons. The van der Waals surface area contributed by atoms with Crippen LogP contribution < -0.4 is 14.8 Å². The maximum absolute atomic E-state index is 12.2. The molecular weight excluding hydrogens is 450 g/mol. The first-order chi connectivity index (χ1) is 16.7. The number of hydrogen-bond acceptors (Lipinski definition) is 8. The minimum atomic E-state index is -0.0984. The van der Waals surface area contributed by atoms with Crippen molar-refractivity contribution in [2.75, 3.05) is 25.3 Å². The fraction of sp³-hybridized carbons (Fsp3) is 0.160. The van der Waals surface area contributed by atoms with Crippen LogP contribution in [0, 0.1) is 0 Å². The zero-order valence-electron chi connectivity index (χ0n) is 18.8. The normalized spacial score (nSPS) is 10.5. The highest BCUT2D eigenvalue weighted by Crippen LogP contribution is 2.32. The minimum absolute atomic E-state index is 0.0984. The van der Waals surface area contributed by atoms with Crippen LogP contribution in [0.1, 0.15) is 6.42 Å². The summed E-state index contributed by atoms with van der Waals surface area (Å²) < 4.78 is 10.5. The SMILES string of the molecule is COc1ccc(-c2nnc(SCCC(=O)Nc3cccnc3)nc2-c2ccc(OC)cc2)cc1. The first-order valence-corrected chi connectivity index (χ1v) is 11.5. The van der Waals surface area contributed by atoms with Crippen molar-refractivity contribution in [3.63, 3.8) is 0 Å². The van der Waals surface area contributed by atoms with Crippen LogP contribution in [-0.2, 0) is 4.79 Å². The average molecular weight is 474 g/mol. The number of nitrogens with zero attached hydrogens (tertiary/aromatic N) is 4. The summed E-state index contributed by atoms with van der Waals surface area (Å²) in [6.07, 6.45) is 3.57. The predicted molar refractivity (Wildman–Crippen MR) is 132 cm³/mol. The molecule has 0 aliphatic rings. The third-order valence-electron chi connectivity index (χ3n) is 4.90. The highest BCUT2D eigenvalue weighted by molar-refractivity contribution is 7.99. The summed E-state index contributed by atoms with van der Waals surface area (Å²) in [6.45, 7) is 0. The molecule has 0 aliphatic carbocycles. The lowest BCUT2D eigenvalue weighted by Crippen LogP contribution is -2.12. The Morgan fingerprint density at radius 3 is 2.12 bits per heavy atom. The van der Waals surface area contributed by atoms with Gasteiger partial charge in [-0.05, 0) is 60.7 Å². The molecule has 1 amide bonds. The molecule has 4 rings (SSSR count).